The summed E-state index contributed by atoms with van der Waals surface area (Å²) in [6.45, 7) is 3.76. The Hall–Kier alpha value is -1.84. The maximum absolute atomic E-state index is 13.1. The van der Waals surface area contributed by atoms with Crippen molar-refractivity contribution in [1.29, 1.82) is 0 Å². The van der Waals surface area contributed by atoms with Gasteiger partial charge in [-0.1, -0.05) is 43.2 Å². The maximum Gasteiger partial charge on any atom is 0.242 e. The van der Waals surface area contributed by atoms with Crippen molar-refractivity contribution in [3.05, 3.63) is 35.9 Å². The van der Waals surface area contributed by atoms with Crippen LogP contribution in [0.2, 0.25) is 0 Å². The number of hydrogen-bond donors (Lipinski definition) is 0. The third-order valence-electron chi connectivity index (χ3n) is 5.56. The van der Waals surface area contributed by atoms with Crippen LogP contribution in [0.3, 0.4) is 0 Å². The van der Waals surface area contributed by atoms with Gasteiger partial charge in [-0.15, -0.1) is 0 Å². The molecule has 25 heavy (non-hydrogen) atoms. The molecule has 1 saturated carbocycles. The Morgan fingerprint density at radius 2 is 1.88 bits per heavy atom. The minimum atomic E-state index is 0.0946. The van der Waals surface area contributed by atoms with Crippen molar-refractivity contribution in [3.8, 4) is 0 Å². The maximum atomic E-state index is 13.1. The molecule has 0 N–H and O–H groups in total. The van der Waals surface area contributed by atoms with Gasteiger partial charge in [-0.25, -0.2) is 0 Å². The summed E-state index contributed by atoms with van der Waals surface area (Å²) < 4.78 is 0. The molecule has 2 fully saturated rings. The van der Waals surface area contributed by atoms with Crippen LogP contribution in [0, 0.1) is 5.92 Å². The Labute approximate surface area is 151 Å². The standard InChI is InChI=1S/C21H30N2O2/c1-17(19-12-13-19)23(15-18-9-5-4-6-10-18)21(25)16-22-14-8-3-2-7-11-20(22)24/h4-6,9-10,17,19H,2-3,7-8,11-16H2,1H3. The zero-order chi connectivity index (χ0) is 17.6. The third-order valence-corrected chi connectivity index (χ3v) is 5.56. The lowest BCUT2D eigenvalue weighted by Gasteiger charge is -2.33. The summed E-state index contributed by atoms with van der Waals surface area (Å²) in [6.07, 6.45) is 7.26. The van der Waals surface area contributed by atoms with E-state index in [0.29, 0.717) is 18.9 Å². The topological polar surface area (TPSA) is 40.6 Å². The fourth-order valence-electron chi connectivity index (χ4n) is 3.71. The molecule has 1 heterocycles. The van der Waals surface area contributed by atoms with Gasteiger partial charge in [0.2, 0.25) is 11.8 Å². The number of rotatable bonds is 6. The van der Waals surface area contributed by atoms with Crippen molar-refractivity contribution in [3.63, 3.8) is 0 Å². The largest absolute Gasteiger partial charge is 0.334 e. The summed E-state index contributed by atoms with van der Waals surface area (Å²) >= 11 is 0. The molecule has 0 radical (unpaired) electrons. The lowest BCUT2D eigenvalue weighted by atomic mass is 10.1. The fraction of sp³-hybridized carbons (Fsp3) is 0.619. The van der Waals surface area contributed by atoms with Gasteiger partial charge in [0.15, 0.2) is 0 Å². The van der Waals surface area contributed by atoms with Gasteiger partial charge in [-0.3, -0.25) is 9.59 Å². The second kappa shape index (κ2) is 8.50. The van der Waals surface area contributed by atoms with E-state index in [9.17, 15) is 9.59 Å². The van der Waals surface area contributed by atoms with E-state index in [0.717, 1.165) is 37.8 Å². The lowest BCUT2D eigenvalue weighted by molar-refractivity contribution is -0.142. The van der Waals surface area contributed by atoms with Crippen molar-refractivity contribution >= 4 is 11.8 Å². The van der Waals surface area contributed by atoms with E-state index >= 15 is 0 Å². The molecular weight excluding hydrogens is 312 g/mol. The molecule has 1 aromatic carbocycles. The second-order valence-electron chi connectivity index (χ2n) is 7.56. The summed E-state index contributed by atoms with van der Waals surface area (Å²) in [4.78, 5) is 29.2. The molecule has 0 spiro atoms. The zero-order valence-electron chi connectivity index (χ0n) is 15.3. The summed E-state index contributed by atoms with van der Waals surface area (Å²) in [5.74, 6) is 0.861. The Bertz CT molecular complexity index is 583. The quantitative estimate of drug-likeness (QED) is 0.792. The molecule has 1 atom stereocenters. The van der Waals surface area contributed by atoms with Gasteiger partial charge in [-0.2, -0.15) is 0 Å². The first-order valence-electron chi connectivity index (χ1n) is 9.76. The smallest absolute Gasteiger partial charge is 0.242 e. The molecule has 1 saturated heterocycles. The van der Waals surface area contributed by atoms with Crippen molar-refractivity contribution in [2.24, 2.45) is 5.92 Å². The van der Waals surface area contributed by atoms with Crippen molar-refractivity contribution < 1.29 is 9.59 Å². The molecule has 2 aliphatic rings. The first kappa shape index (κ1) is 18.0. The zero-order valence-corrected chi connectivity index (χ0v) is 15.3. The number of likely N-dealkylation sites (tertiary alicyclic amines) is 1. The van der Waals surface area contributed by atoms with E-state index in [1.54, 1.807) is 4.90 Å². The fourth-order valence-corrected chi connectivity index (χ4v) is 3.71. The van der Waals surface area contributed by atoms with Crippen molar-refractivity contribution in [2.45, 2.75) is 64.5 Å². The van der Waals surface area contributed by atoms with Crippen molar-refractivity contribution in [2.75, 3.05) is 13.1 Å². The Balaban J connectivity index is 1.68. The summed E-state index contributed by atoms with van der Waals surface area (Å²) in [6, 6.07) is 10.4. The molecule has 4 nitrogen and oxygen atoms in total. The van der Waals surface area contributed by atoms with E-state index in [-0.39, 0.29) is 24.4 Å². The molecule has 2 amide bonds. The molecule has 4 heteroatoms. The van der Waals surface area contributed by atoms with E-state index in [1.165, 1.54) is 12.8 Å². The minimum absolute atomic E-state index is 0.0946. The van der Waals surface area contributed by atoms with Gasteiger partial charge in [0.05, 0.1) is 6.54 Å². The Morgan fingerprint density at radius 1 is 1.16 bits per heavy atom. The van der Waals surface area contributed by atoms with Gasteiger partial charge in [0.1, 0.15) is 0 Å². The number of benzene rings is 1. The van der Waals surface area contributed by atoms with Crippen LogP contribution in [-0.2, 0) is 16.1 Å². The molecule has 1 aromatic rings. The molecule has 1 aliphatic carbocycles. The Morgan fingerprint density at radius 3 is 2.60 bits per heavy atom. The SMILES string of the molecule is CC(C1CC1)N(Cc1ccccc1)C(=O)CN1CCCCCCC1=O. The van der Waals surface area contributed by atoms with Gasteiger partial charge >= 0.3 is 0 Å². The highest BCUT2D eigenvalue weighted by molar-refractivity contribution is 5.85. The van der Waals surface area contributed by atoms with Crippen LogP contribution < -0.4 is 0 Å². The number of amides is 2. The molecule has 1 aliphatic heterocycles. The van der Waals surface area contributed by atoms with Crippen LogP contribution in [-0.4, -0.2) is 40.7 Å². The number of carbonyl (C=O) groups excluding carboxylic acids is 2. The van der Waals surface area contributed by atoms with E-state index in [1.807, 2.05) is 23.1 Å². The van der Waals surface area contributed by atoms with Crippen LogP contribution in [0.1, 0.15) is 57.4 Å². The van der Waals surface area contributed by atoms with Crippen LogP contribution >= 0.6 is 0 Å². The van der Waals surface area contributed by atoms with E-state index in [4.69, 9.17) is 0 Å². The van der Waals surface area contributed by atoms with E-state index < -0.39 is 0 Å². The van der Waals surface area contributed by atoms with Crippen LogP contribution in [0.15, 0.2) is 30.3 Å². The van der Waals surface area contributed by atoms with Crippen molar-refractivity contribution in [1.82, 2.24) is 9.80 Å². The lowest BCUT2D eigenvalue weighted by Crippen LogP contribution is -2.47. The average molecular weight is 342 g/mol. The molecule has 1 unspecified atom stereocenters. The van der Waals surface area contributed by atoms with Crippen LogP contribution in [0.4, 0.5) is 0 Å². The third kappa shape index (κ3) is 5.07. The minimum Gasteiger partial charge on any atom is -0.334 e. The Kier molecular flexibility index (Phi) is 6.11. The second-order valence-corrected chi connectivity index (χ2v) is 7.56. The molecular formula is C21H30N2O2. The van der Waals surface area contributed by atoms with Crippen LogP contribution in [0.25, 0.3) is 0 Å². The highest BCUT2D eigenvalue weighted by Gasteiger charge is 2.35. The number of carbonyl (C=O) groups is 2. The van der Waals surface area contributed by atoms with Gasteiger partial charge in [0.25, 0.3) is 0 Å². The summed E-state index contributed by atoms with van der Waals surface area (Å²) in [5, 5.41) is 0. The molecule has 0 aromatic heterocycles. The first-order chi connectivity index (χ1) is 12.1. The van der Waals surface area contributed by atoms with Crippen LogP contribution in [0.5, 0.6) is 0 Å². The summed E-state index contributed by atoms with van der Waals surface area (Å²) in [7, 11) is 0. The summed E-state index contributed by atoms with van der Waals surface area (Å²) in [5.41, 5.74) is 1.15. The monoisotopic (exact) mass is 342 g/mol. The molecule has 136 valence electrons. The van der Waals surface area contributed by atoms with E-state index in [2.05, 4.69) is 19.1 Å². The first-order valence-corrected chi connectivity index (χ1v) is 9.76. The number of hydrogen-bond acceptors (Lipinski definition) is 2. The highest BCUT2D eigenvalue weighted by atomic mass is 16.2. The van der Waals surface area contributed by atoms with Gasteiger partial charge in [-0.05, 0) is 44.1 Å². The average Bonchev–Trinajstić information content (AvgIpc) is 3.45. The van der Waals surface area contributed by atoms with Gasteiger partial charge < -0.3 is 9.80 Å². The highest BCUT2D eigenvalue weighted by Crippen LogP contribution is 2.35. The normalized spacial score (nSPS) is 19.9. The molecule has 3 rings (SSSR count). The predicted molar refractivity (Wildman–Crippen MR) is 98.8 cm³/mol. The molecule has 0 bridgehead atoms. The van der Waals surface area contributed by atoms with Gasteiger partial charge in [0, 0.05) is 25.6 Å². The predicted octanol–water partition coefficient (Wildman–Crippen LogP) is 3.61. The number of nitrogens with zero attached hydrogens (tertiary/aromatic N) is 2.